The summed E-state index contributed by atoms with van der Waals surface area (Å²) in [5.41, 5.74) is 0.700. The summed E-state index contributed by atoms with van der Waals surface area (Å²) >= 11 is 0. The highest BCUT2D eigenvalue weighted by Gasteiger charge is 2.36. The van der Waals surface area contributed by atoms with Crippen molar-refractivity contribution >= 4 is 17.6 Å². The summed E-state index contributed by atoms with van der Waals surface area (Å²) in [5, 5.41) is 13.5. The lowest BCUT2D eigenvalue weighted by atomic mass is 9.92. The lowest BCUT2D eigenvalue weighted by Gasteiger charge is -2.14. The second-order valence-corrected chi connectivity index (χ2v) is 3.75. The Labute approximate surface area is 82.4 Å². The number of carboxylic acid groups (broad SMARTS) is 1. The van der Waals surface area contributed by atoms with E-state index < -0.39 is 5.97 Å². The Morgan fingerprint density at radius 2 is 2.21 bits per heavy atom. The molecule has 14 heavy (non-hydrogen) atoms. The van der Waals surface area contributed by atoms with Crippen LogP contribution in [0.5, 0.6) is 0 Å². The van der Waals surface area contributed by atoms with Crippen LogP contribution in [0.3, 0.4) is 0 Å². The fraction of sp³-hybridized carbons (Fsp3) is 0.667. The molecule has 1 amide bonds. The smallest absolute Gasteiger partial charge is 0.325 e. The minimum Gasteiger partial charge on any atom is -0.480 e. The van der Waals surface area contributed by atoms with E-state index >= 15 is 0 Å². The number of aliphatic carboxylic acids is 1. The SMILES string of the molecule is CC1=NN(CC(=O)O)C(=O)C1C(C)C. The third-order valence-corrected chi connectivity index (χ3v) is 2.20. The summed E-state index contributed by atoms with van der Waals surface area (Å²) in [6, 6.07) is 0. The minimum atomic E-state index is -1.04. The van der Waals surface area contributed by atoms with Crippen molar-refractivity contribution in [2.45, 2.75) is 20.8 Å². The molecule has 0 aliphatic carbocycles. The Balaban J connectivity index is 2.78. The van der Waals surface area contributed by atoms with E-state index in [0.29, 0.717) is 5.71 Å². The van der Waals surface area contributed by atoms with E-state index in [1.165, 1.54) is 0 Å². The summed E-state index contributed by atoms with van der Waals surface area (Å²) in [5.74, 6) is -1.35. The highest BCUT2D eigenvalue weighted by Crippen LogP contribution is 2.22. The summed E-state index contributed by atoms with van der Waals surface area (Å²) in [7, 11) is 0. The van der Waals surface area contributed by atoms with Crippen molar-refractivity contribution in [2.75, 3.05) is 6.54 Å². The van der Waals surface area contributed by atoms with Gasteiger partial charge in [0.15, 0.2) is 0 Å². The minimum absolute atomic E-state index is 0.157. The number of nitrogens with zero attached hydrogens (tertiary/aromatic N) is 2. The monoisotopic (exact) mass is 198 g/mol. The van der Waals surface area contributed by atoms with E-state index in [-0.39, 0.29) is 24.3 Å². The summed E-state index contributed by atoms with van der Waals surface area (Å²) < 4.78 is 0. The van der Waals surface area contributed by atoms with Gasteiger partial charge in [-0.25, -0.2) is 5.01 Å². The van der Waals surface area contributed by atoms with E-state index in [2.05, 4.69) is 5.10 Å². The van der Waals surface area contributed by atoms with Crippen molar-refractivity contribution in [3.05, 3.63) is 0 Å². The summed E-state index contributed by atoms with van der Waals surface area (Å²) in [6.07, 6.45) is 0. The first-order valence-corrected chi connectivity index (χ1v) is 4.51. The lowest BCUT2D eigenvalue weighted by molar-refractivity contribution is -0.144. The molecule has 0 fully saturated rings. The third-order valence-electron chi connectivity index (χ3n) is 2.20. The van der Waals surface area contributed by atoms with Gasteiger partial charge in [-0.2, -0.15) is 5.10 Å². The van der Waals surface area contributed by atoms with Crippen LogP contribution in [-0.2, 0) is 9.59 Å². The number of rotatable bonds is 3. The maximum Gasteiger partial charge on any atom is 0.325 e. The van der Waals surface area contributed by atoms with Crippen molar-refractivity contribution < 1.29 is 14.7 Å². The quantitative estimate of drug-likeness (QED) is 0.720. The van der Waals surface area contributed by atoms with Crippen LogP contribution in [0.1, 0.15) is 20.8 Å². The van der Waals surface area contributed by atoms with Crippen LogP contribution in [0.15, 0.2) is 5.10 Å². The Morgan fingerprint density at radius 1 is 1.64 bits per heavy atom. The molecule has 78 valence electrons. The molecule has 1 heterocycles. The van der Waals surface area contributed by atoms with Gasteiger partial charge in [-0.05, 0) is 12.8 Å². The number of carbonyl (C=O) groups is 2. The Morgan fingerprint density at radius 3 is 2.57 bits per heavy atom. The molecule has 1 aliphatic heterocycles. The van der Waals surface area contributed by atoms with Gasteiger partial charge in [0.2, 0.25) is 0 Å². The number of hydrogen-bond donors (Lipinski definition) is 1. The van der Waals surface area contributed by atoms with Crippen LogP contribution in [0, 0.1) is 11.8 Å². The van der Waals surface area contributed by atoms with Gasteiger partial charge < -0.3 is 5.11 Å². The largest absolute Gasteiger partial charge is 0.480 e. The van der Waals surface area contributed by atoms with Crippen LogP contribution in [-0.4, -0.2) is 34.2 Å². The second-order valence-electron chi connectivity index (χ2n) is 3.75. The predicted octanol–water partition coefficient (Wildman–Crippen LogP) is 0.561. The molecule has 0 saturated carbocycles. The van der Waals surface area contributed by atoms with Crippen LogP contribution in [0.4, 0.5) is 0 Å². The van der Waals surface area contributed by atoms with Gasteiger partial charge in [-0.3, -0.25) is 9.59 Å². The molecule has 1 atom stereocenters. The van der Waals surface area contributed by atoms with E-state index in [9.17, 15) is 9.59 Å². The third kappa shape index (κ3) is 1.92. The Bertz CT molecular complexity index is 296. The van der Waals surface area contributed by atoms with E-state index in [1.54, 1.807) is 6.92 Å². The lowest BCUT2D eigenvalue weighted by Crippen LogP contribution is -2.33. The normalized spacial score (nSPS) is 21.7. The maximum atomic E-state index is 11.6. The highest BCUT2D eigenvalue weighted by molar-refractivity contribution is 6.07. The van der Waals surface area contributed by atoms with Gasteiger partial charge in [-0.15, -0.1) is 0 Å². The zero-order valence-corrected chi connectivity index (χ0v) is 8.52. The van der Waals surface area contributed by atoms with Gasteiger partial charge in [0, 0.05) is 5.71 Å². The van der Waals surface area contributed by atoms with Crippen LogP contribution < -0.4 is 0 Å². The number of hydrogen-bond acceptors (Lipinski definition) is 3. The molecule has 0 saturated heterocycles. The van der Waals surface area contributed by atoms with Crippen molar-refractivity contribution in [3.8, 4) is 0 Å². The number of carbonyl (C=O) groups excluding carboxylic acids is 1. The molecular formula is C9H14N2O3. The van der Waals surface area contributed by atoms with Gasteiger partial charge in [0.1, 0.15) is 6.54 Å². The van der Waals surface area contributed by atoms with Gasteiger partial charge in [0.05, 0.1) is 5.92 Å². The Kier molecular flexibility index (Phi) is 2.88. The molecule has 1 unspecified atom stereocenters. The fourth-order valence-corrected chi connectivity index (χ4v) is 1.65. The average molecular weight is 198 g/mol. The number of amides is 1. The first kappa shape index (κ1) is 10.7. The zero-order chi connectivity index (χ0) is 10.9. The first-order chi connectivity index (χ1) is 6.43. The maximum absolute atomic E-state index is 11.6. The molecule has 0 bridgehead atoms. The molecule has 0 aromatic carbocycles. The molecule has 0 radical (unpaired) electrons. The molecule has 5 heteroatoms. The highest BCUT2D eigenvalue weighted by atomic mass is 16.4. The average Bonchev–Trinajstić information content (AvgIpc) is 2.25. The number of hydrazone groups is 1. The Hall–Kier alpha value is -1.39. The summed E-state index contributed by atoms with van der Waals surface area (Å²) in [4.78, 5) is 22.1. The molecule has 0 aromatic heterocycles. The molecule has 5 nitrogen and oxygen atoms in total. The molecule has 1 N–H and O–H groups in total. The molecule has 1 aliphatic rings. The topological polar surface area (TPSA) is 70.0 Å². The van der Waals surface area contributed by atoms with E-state index in [4.69, 9.17) is 5.11 Å². The van der Waals surface area contributed by atoms with Crippen LogP contribution in [0.2, 0.25) is 0 Å². The van der Waals surface area contributed by atoms with Gasteiger partial charge >= 0.3 is 5.97 Å². The van der Waals surface area contributed by atoms with Crippen molar-refractivity contribution in [1.82, 2.24) is 5.01 Å². The van der Waals surface area contributed by atoms with Gasteiger partial charge in [0.25, 0.3) is 5.91 Å². The molecule has 0 aromatic rings. The van der Waals surface area contributed by atoms with Crippen LogP contribution >= 0.6 is 0 Å². The summed E-state index contributed by atoms with van der Waals surface area (Å²) in [6.45, 7) is 5.25. The molecular weight excluding hydrogens is 184 g/mol. The molecule has 1 rings (SSSR count). The van der Waals surface area contributed by atoms with Gasteiger partial charge in [-0.1, -0.05) is 13.8 Å². The predicted molar refractivity (Wildman–Crippen MR) is 50.8 cm³/mol. The van der Waals surface area contributed by atoms with Crippen molar-refractivity contribution in [2.24, 2.45) is 16.9 Å². The second kappa shape index (κ2) is 3.77. The zero-order valence-electron chi connectivity index (χ0n) is 8.52. The van der Waals surface area contributed by atoms with Crippen molar-refractivity contribution in [1.29, 1.82) is 0 Å². The first-order valence-electron chi connectivity index (χ1n) is 4.51. The number of carboxylic acids is 1. The molecule has 0 spiro atoms. The van der Waals surface area contributed by atoms with Crippen molar-refractivity contribution in [3.63, 3.8) is 0 Å². The standard InChI is InChI=1S/C9H14N2O3/c1-5(2)8-6(3)10-11(9(8)14)4-7(12)13/h5,8H,4H2,1-3H3,(H,12,13). The fourth-order valence-electron chi connectivity index (χ4n) is 1.65. The van der Waals surface area contributed by atoms with Crippen LogP contribution in [0.25, 0.3) is 0 Å². The van der Waals surface area contributed by atoms with E-state index in [1.807, 2.05) is 13.8 Å². The van der Waals surface area contributed by atoms with E-state index in [0.717, 1.165) is 5.01 Å².